The van der Waals surface area contributed by atoms with Crippen molar-refractivity contribution in [1.82, 2.24) is 4.90 Å². The van der Waals surface area contributed by atoms with Crippen LogP contribution in [0.25, 0.3) is 0 Å². The molecule has 0 aromatic heterocycles. The van der Waals surface area contributed by atoms with Crippen LogP contribution in [0.1, 0.15) is 48.9 Å². The van der Waals surface area contributed by atoms with Gasteiger partial charge in [-0.2, -0.15) is 0 Å². The molecule has 0 spiro atoms. The van der Waals surface area contributed by atoms with E-state index in [-0.39, 0.29) is 24.2 Å². The number of hydrogen-bond donors (Lipinski definition) is 1. The number of carbonyl (C=O) groups excluding carboxylic acids is 1. The third kappa shape index (κ3) is 4.24. The van der Waals surface area contributed by atoms with Crippen molar-refractivity contribution in [3.8, 4) is 11.5 Å². The Morgan fingerprint density at radius 2 is 1.91 bits per heavy atom. The Morgan fingerprint density at radius 1 is 1.19 bits per heavy atom. The summed E-state index contributed by atoms with van der Waals surface area (Å²) < 4.78 is 11.0. The van der Waals surface area contributed by atoms with Gasteiger partial charge in [0, 0.05) is 30.8 Å². The minimum absolute atomic E-state index is 0.0535. The summed E-state index contributed by atoms with van der Waals surface area (Å²) in [5.74, 6) is -0.104. The van der Waals surface area contributed by atoms with Crippen LogP contribution in [-0.2, 0) is 16.0 Å². The molecule has 0 amide bonds. The number of ether oxygens (including phenoxy) is 2. The molecule has 1 saturated heterocycles. The first kappa shape index (κ1) is 22.3. The van der Waals surface area contributed by atoms with E-state index < -0.39 is 17.9 Å². The first-order valence-corrected chi connectivity index (χ1v) is 11.3. The maximum atomic E-state index is 12.9. The number of carboxylic acids is 1. The van der Waals surface area contributed by atoms with Crippen LogP contribution in [0.5, 0.6) is 11.5 Å². The van der Waals surface area contributed by atoms with Crippen LogP contribution in [0.3, 0.4) is 0 Å². The number of aliphatic carboxylic acids is 1. The molecule has 2 heterocycles. The number of ketones is 1. The van der Waals surface area contributed by atoms with E-state index in [4.69, 9.17) is 9.47 Å². The van der Waals surface area contributed by atoms with Crippen molar-refractivity contribution >= 4 is 11.8 Å². The third-order valence-corrected chi connectivity index (χ3v) is 7.01. The van der Waals surface area contributed by atoms with E-state index in [9.17, 15) is 14.7 Å². The molecule has 2 aliphatic heterocycles. The summed E-state index contributed by atoms with van der Waals surface area (Å²) in [6.45, 7) is 5.35. The molecule has 2 aliphatic rings. The van der Waals surface area contributed by atoms with Gasteiger partial charge in [-0.1, -0.05) is 38.1 Å². The largest absolute Gasteiger partial charge is 0.497 e. The average molecular weight is 438 g/mol. The molecule has 170 valence electrons. The van der Waals surface area contributed by atoms with Crippen LogP contribution in [0.4, 0.5) is 0 Å². The molecular formula is C26H31NO5. The molecule has 4 rings (SSSR count). The van der Waals surface area contributed by atoms with E-state index in [2.05, 4.69) is 0 Å². The number of Topliss-reactive ketones (excluding diaryl/α,β-unsaturated/α-hetero) is 1. The molecule has 0 radical (unpaired) electrons. The highest BCUT2D eigenvalue weighted by atomic mass is 16.5. The summed E-state index contributed by atoms with van der Waals surface area (Å²) >= 11 is 0. The Balaban J connectivity index is 1.72. The van der Waals surface area contributed by atoms with Crippen LogP contribution in [0, 0.1) is 11.8 Å². The molecule has 6 nitrogen and oxygen atoms in total. The number of hydrogen-bond acceptors (Lipinski definition) is 5. The summed E-state index contributed by atoms with van der Waals surface area (Å²) in [4.78, 5) is 27.5. The molecule has 2 aromatic carbocycles. The highest BCUT2D eigenvalue weighted by molar-refractivity contribution is 5.83. The fourth-order valence-electron chi connectivity index (χ4n) is 4.93. The second-order valence-electron chi connectivity index (χ2n) is 8.86. The Morgan fingerprint density at radius 3 is 2.56 bits per heavy atom. The van der Waals surface area contributed by atoms with E-state index in [1.165, 1.54) is 0 Å². The minimum Gasteiger partial charge on any atom is -0.497 e. The fraction of sp³-hybridized carbons (Fsp3) is 0.462. The zero-order chi connectivity index (χ0) is 22.8. The standard InChI is InChI=1S/C26H31NO5/c1-4-16(2)22(28)15-27-14-21(19-6-5-17-11-12-32-23(17)13-19)24(26(29)30)25(27)18-7-9-20(31-3)10-8-18/h5-10,13,16,21,24-25H,4,11-12,14-15H2,1-3H3,(H,29,30). The summed E-state index contributed by atoms with van der Waals surface area (Å²) in [5, 5.41) is 10.3. The van der Waals surface area contributed by atoms with Gasteiger partial charge in [-0.25, -0.2) is 0 Å². The van der Waals surface area contributed by atoms with Crippen molar-refractivity contribution < 1.29 is 24.2 Å². The molecular weight excluding hydrogens is 406 g/mol. The molecule has 6 heteroatoms. The second kappa shape index (κ2) is 9.33. The van der Waals surface area contributed by atoms with Crippen molar-refractivity contribution in [3.05, 3.63) is 59.2 Å². The van der Waals surface area contributed by atoms with Gasteiger partial charge >= 0.3 is 5.97 Å². The predicted octanol–water partition coefficient (Wildman–Crippen LogP) is 4.09. The lowest BCUT2D eigenvalue weighted by Crippen LogP contribution is -2.34. The molecule has 0 aliphatic carbocycles. The molecule has 4 unspecified atom stereocenters. The number of benzene rings is 2. The maximum Gasteiger partial charge on any atom is 0.309 e. The molecule has 2 aromatic rings. The molecule has 0 bridgehead atoms. The minimum atomic E-state index is -0.851. The zero-order valence-corrected chi connectivity index (χ0v) is 18.9. The number of likely N-dealkylation sites (tertiary alicyclic amines) is 1. The Bertz CT molecular complexity index is 986. The van der Waals surface area contributed by atoms with E-state index in [0.29, 0.717) is 18.9 Å². The number of rotatable bonds is 8. The number of nitrogens with zero attached hydrogens (tertiary/aromatic N) is 1. The lowest BCUT2D eigenvalue weighted by atomic mass is 9.82. The van der Waals surface area contributed by atoms with Crippen LogP contribution in [0.15, 0.2) is 42.5 Å². The lowest BCUT2D eigenvalue weighted by molar-refractivity contribution is -0.143. The first-order chi connectivity index (χ1) is 15.4. The summed E-state index contributed by atoms with van der Waals surface area (Å²) in [6, 6.07) is 13.2. The first-order valence-electron chi connectivity index (χ1n) is 11.3. The van der Waals surface area contributed by atoms with Gasteiger partial charge in [0.1, 0.15) is 17.3 Å². The van der Waals surface area contributed by atoms with Gasteiger partial charge in [0.05, 0.1) is 26.2 Å². The van der Waals surface area contributed by atoms with Crippen molar-refractivity contribution in [3.63, 3.8) is 0 Å². The smallest absolute Gasteiger partial charge is 0.309 e. The van der Waals surface area contributed by atoms with Crippen molar-refractivity contribution in [2.45, 2.75) is 38.6 Å². The van der Waals surface area contributed by atoms with Crippen molar-refractivity contribution in [2.24, 2.45) is 11.8 Å². The van der Waals surface area contributed by atoms with E-state index in [0.717, 1.165) is 35.3 Å². The Hall–Kier alpha value is -2.86. The van der Waals surface area contributed by atoms with Gasteiger partial charge in [0.2, 0.25) is 0 Å². The number of carbonyl (C=O) groups is 2. The second-order valence-corrected chi connectivity index (χ2v) is 8.86. The van der Waals surface area contributed by atoms with Gasteiger partial charge in [-0.15, -0.1) is 0 Å². The third-order valence-electron chi connectivity index (χ3n) is 7.01. The van der Waals surface area contributed by atoms with E-state index in [1.807, 2.05) is 61.2 Å². The van der Waals surface area contributed by atoms with Crippen LogP contribution >= 0.6 is 0 Å². The maximum absolute atomic E-state index is 12.9. The SMILES string of the molecule is CCC(C)C(=O)CN1CC(c2ccc3c(c2)OCC3)C(C(=O)O)C1c1ccc(OC)cc1. The molecule has 1 N–H and O–H groups in total. The zero-order valence-electron chi connectivity index (χ0n) is 18.9. The molecule has 4 atom stereocenters. The van der Waals surface area contributed by atoms with E-state index in [1.54, 1.807) is 7.11 Å². The highest BCUT2D eigenvalue weighted by Gasteiger charge is 2.48. The quantitative estimate of drug-likeness (QED) is 0.671. The molecule has 32 heavy (non-hydrogen) atoms. The van der Waals surface area contributed by atoms with Gasteiger partial charge in [0.25, 0.3) is 0 Å². The van der Waals surface area contributed by atoms with Gasteiger partial charge in [-0.3, -0.25) is 14.5 Å². The van der Waals surface area contributed by atoms with Gasteiger partial charge in [0.15, 0.2) is 0 Å². The number of methoxy groups -OCH3 is 1. The van der Waals surface area contributed by atoms with E-state index >= 15 is 0 Å². The topological polar surface area (TPSA) is 76.1 Å². The average Bonchev–Trinajstić information content (AvgIpc) is 3.42. The van der Waals surface area contributed by atoms with Crippen molar-refractivity contribution in [1.29, 1.82) is 0 Å². The lowest BCUT2D eigenvalue weighted by Gasteiger charge is -2.27. The number of carboxylic acid groups (broad SMARTS) is 1. The van der Waals surface area contributed by atoms with Gasteiger partial charge in [-0.05, 0) is 41.3 Å². The summed E-state index contributed by atoms with van der Waals surface area (Å²) in [5.41, 5.74) is 3.00. The monoisotopic (exact) mass is 437 g/mol. The predicted molar refractivity (Wildman–Crippen MR) is 121 cm³/mol. The fourth-order valence-corrected chi connectivity index (χ4v) is 4.93. The van der Waals surface area contributed by atoms with Crippen molar-refractivity contribution in [2.75, 3.05) is 26.8 Å². The Labute approximate surface area is 189 Å². The highest BCUT2D eigenvalue weighted by Crippen LogP contribution is 2.47. The normalized spacial score (nSPS) is 23.4. The number of fused-ring (bicyclic) bond motifs is 1. The van der Waals surface area contributed by atoms with Crippen LogP contribution in [0.2, 0.25) is 0 Å². The Kier molecular flexibility index (Phi) is 6.51. The molecule has 0 saturated carbocycles. The van der Waals surface area contributed by atoms with Gasteiger partial charge < -0.3 is 14.6 Å². The van der Waals surface area contributed by atoms with Crippen LogP contribution < -0.4 is 9.47 Å². The van der Waals surface area contributed by atoms with Crippen LogP contribution in [-0.4, -0.2) is 48.6 Å². The molecule has 1 fully saturated rings. The summed E-state index contributed by atoms with van der Waals surface area (Å²) in [6.07, 6.45) is 1.65. The summed E-state index contributed by atoms with van der Waals surface area (Å²) in [7, 11) is 1.60.